The zero-order valence-corrected chi connectivity index (χ0v) is 5.64. The van der Waals surface area contributed by atoms with Crippen LogP contribution < -0.4 is 10.4 Å². The lowest BCUT2D eigenvalue weighted by Crippen LogP contribution is -2.20. The average molecular weight is 154 g/mol. The molecule has 1 heterocycles. The summed E-state index contributed by atoms with van der Waals surface area (Å²) in [6.45, 7) is 0. The Labute approximate surface area is 63.6 Å². The van der Waals surface area contributed by atoms with Crippen molar-refractivity contribution in [2.45, 2.75) is 0 Å². The number of nitrogen functional groups attached to an aromatic ring is 1. The van der Waals surface area contributed by atoms with Crippen LogP contribution in [0.4, 0.5) is 5.69 Å². The van der Waals surface area contributed by atoms with Crippen LogP contribution in [0.5, 0.6) is 5.75 Å². The minimum atomic E-state index is -1.83. The highest BCUT2D eigenvalue weighted by molar-refractivity contribution is 6.33. The Balaban J connectivity index is 2.71. The van der Waals surface area contributed by atoms with Gasteiger partial charge in [-0.1, -0.05) is 0 Å². The van der Waals surface area contributed by atoms with Crippen molar-refractivity contribution in [2.24, 2.45) is 0 Å². The second kappa shape index (κ2) is 3.22. The summed E-state index contributed by atoms with van der Waals surface area (Å²) in [6.07, 6.45) is 2.76. The van der Waals surface area contributed by atoms with Crippen molar-refractivity contribution >= 4 is 13.0 Å². The fourth-order valence-corrected chi connectivity index (χ4v) is 0.622. The number of anilines is 1. The van der Waals surface area contributed by atoms with E-state index < -0.39 is 7.32 Å². The molecule has 6 heteroatoms. The van der Waals surface area contributed by atoms with Gasteiger partial charge in [0.1, 0.15) is 5.75 Å². The van der Waals surface area contributed by atoms with Crippen LogP contribution in [0.3, 0.4) is 0 Å². The predicted octanol–water partition coefficient (Wildman–Crippen LogP) is -0.988. The molecule has 0 saturated carbocycles. The topological polar surface area (TPSA) is 88.6 Å². The van der Waals surface area contributed by atoms with E-state index in [4.69, 9.17) is 15.8 Å². The first-order chi connectivity index (χ1) is 5.18. The highest BCUT2D eigenvalue weighted by atomic mass is 16.6. The number of nitrogens with zero attached hydrogens (tertiary/aromatic N) is 1. The maximum atomic E-state index is 8.36. The van der Waals surface area contributed by atoms with Gasteiger partial charge in [0.15, 0.2) is 0 Å². The molecule has 1 rings (SSSR count). The van der Waals surface area contributed by atoms with Gasteiger partial charge in [0.25, 0.3) is 0 Å². The van der Waals surface area contributed by atoms with Crippen molar-refractivity contribution in [3.8, 4) is 5.75 Å². The zero-order chi connectivity index (χ0) is 8.27. The summed E-state index contributed by atoms with van der Waals surface area (Å²) in [6, 6.07) is 1.44. The summed E-state index contributed by atoms with van der Waals surface area (Å²) in [5.74, 6) is 0.222. The van der Waals surface area contributed by atoms with Crippen LogP contribution in [0, 0.1) is 0 Å². The first-order valence-electron chi connectivity index (χ1n) is 2.92. The van der Waals surface area contributed by atoms with E-state index in [1.807, 2.05) is 0 Å². The van der Waals surface area contributed by atoms with Gasteiger partial charge in [0, 0.05) is 6.07 Å². The second-order valence-corrected chi connectivity index (χ2v) is 1.90. The summed E-state index contributed by atoms with van der Waals surface area (Å²) in [5, 5.41) is 16.7. The van der Waals surface area contributed by atoms with E-state index in [-0.39, 0.29) is 5.75 Å². The maximum Gasteiger partial charge on any atom is 0.707 e. The molecule has 0 amide bonds. The third kappa shape index (κ3) is 2.44. The number of hydrogen-bond donors (Lipinski definition) is 3. The largest absolute Gasteiger partial charge is 0.707 e. The molecule has 5 nitrogen and oxygen atoms in total. The Kier molecular flexibility index (Phi) is 2.30. The minimum Gasteiger partial charge on any atom is -0.511 e. The van der Waals surface area contributed by atoms with Gasteiger partial charge >= 0.3 is 7.32 Å². The molecule has 58 valence electrons. The standard InChI is InChI=1S/C5H7BN2O3/c7-4-1-5(3-8-2-4)11-6(9)10/h1-3,9-10H,7H2. The lowest BCUT2D eigenvalue weighted by Gasteiger charge is -2.02. The Hall–Kier alpha value is -1.27. The highest BCUT2D eigenvalue weighted by Gasteiger charge is 2.10. The second-order valence-electron chi connectivity index (χ2n) is 1.90. The normalized spacial score (nSPS) is 9.27. The van der Waals surface area contributed by atoms with Crippen molar-refractivity contribution in [1.82, 2.24) is 4.98 Å². The minimum absolute atomic E-state index is 0.222. The Morgan fingerprint density at radius 1 is 1.45 bits per heavy atom. The zero-order valence-electron chi connectivity index (χ0n) is 5.64. The van der Waals surface area contributed by atoms with Crippen LogP contribution in [0.15, 0.2) is 18.5 Å². The van der Waals surface area contributed by atoms with E-state index in [9.17, 15) is 0 Å². The van der Waals surface area contributed by atoms with Crippen LogP contribution in [0.1, 0.15) is 0 Å². The quantitative estimate of drug-likeness (QED) is 0.476. The van der Waals surface area contributed by atoms with Crippen molar-refractivity contribution in [3.63, 3.8) is 0 Å². The van der Waals surface area contributed by atoms with Crippen molar-refractivity contribution in [3.05, 3.63) is 18.5 Å². The monoisotopic (exact) mass is 154 g/mol. The third-order valence-corrected chi connectivity index (χ3v) is 0.976. The van der Waals surface area contributed by atoms with Gasteiger partial charge in [-0.15, -0.1) is 0 Å². The van der Waals surface area contributed by atoms with E-state index in [2.05, 4.69) is 9.64 Å². The molecular weight excluding hydrogens is 147 g/mol. The van der Waals surface area contributed by atoms with E-state index in [0.717, 1.165) is 0 Å². The molecule has 0 radical (unpaired) electrons. The molecule has 1 aromatic rings. The van der Waals surface area contributed by atoms with Crippen LogP contribution in [-0.2, 0) is 0 Å². The van der Waals surface area contributed by atoms with Crippen LogP contribution in [0.25, 0.3) is 0 Å². The van der Waals surface area contributed by atoms with Gasteiger partial charge in [-0.25, -0.2) is 0 Å². The molecule has 0 bridgehead atoms. The Morgan fingerprint density at radius 3 is 2.73 bits per heavy atom. The van der Waals surface area contributed by atoms with Crippen molar-refractivity contribution in [2.75, 3.05) is 5.73 Å². The number of aromatic nitrogens is 1. The number of nitrogens with two attached hydrogens (primary N) is 1. The Bertz CT molecular complexity index is 243. The first kappa shape index (κ1) is 7.84. The first-order valence-corrected chi connectivity index (χ1v) is 2.92. The molecule has 0 fully saturated rings. The lowest BCUT2D eigenvalue weighted by molar-refractivity contribution is 0.288. The molecule has 0 aliphatic rings. The van der Waals surface area contributed by atoms with Crippen LogP contribution in [0.2, 0.25) is 0 Å². The fourth-order valence-electron chi connectivity index (χ4n) is 0.622. The fraction of sp³-hybridized carbons (Fsp3) is 0. The summed E-state index contributed by atoms with van der Waals surface area (Å²) in [5.41, 5.74) is 5.73. The summed E-state index contributed by atoms with van der Waals surface area (Å²) in [4.78, 5) is 3.67. The maximum absolute atomic E-state index is 8.36. The highest BCUT2D eigenvalue weighted by Crippen LogP contribution is 2.11. The molecule has 4 N–H and O–H groups in total. The predicted molar refractivity (Wildman–Crippen MR) is 39.5 cm³/mol. The van der Waals surface area contributed by atoms with Gasteiger partial charge in [0.2, 0.25) is 0 Å². The molecule has 0 spiro atoms. The molecule has 0 saturated heterocycles. The Morgan fingerprint density at radius 2 is 2.18 bits per heavy atom. The lowest BCUT2D eigenvalue weighted by atomic mass is 10.2. The van der Waals surface area contributed by atoms with Gasteiger partial charge in [0.05, 0.1) is 18.1 Å². The van der Waals surface area contributed by atoms with E-state index >= 15 is 0 Å². The summed E-state index contributed by atoms with van der Waals surface area (Å²) < 4.78 is 4.46. The molecule has 0 atom stereocenters. The molecular formula is C5H7BN2O3. The van der Waals surface area contributed by atoms with Gasteiger partial charge in [-0.3, -0.25) is 4.98 Å². The third-order valence-electron chi connectivity index (χ3n) is 0.976. The van der Waals surface area contributed by atoms with E-state index in [1.165, 1.54) is 18.5 Å². The number of hydrogen-bond acceptors (Lipinski definition) is 5. The number of pyridine rings is 1. The number of rotatable bonds is 2. The average Bonchev–Trinajstić information content (AvgIpc) is 1.85. The van der Waals surface area contributed by atoms with Gasteiger partial charge in [-0.2, -0.15) is 0 Å². The molecule has 0 aliphatic heterocycles. The molecule has 0 aliphatic carbocycles. The van der Waals surface area contributed by atoms with Crippen molar-refractivity contribution in [1.29, 1.82) is 0 Å². The van der Waals surface area contributed by atoms with Crippen molar-refractivity contribution < 1.29 is 14.7 Å². The van der Waals surface area contributed by atoms with Gasteiger partial charge < -0.3 is 20.4 Å². The smallest absolute Gasteiger partial charge is 0.511 e. The van der Waals surface area contributed by atoms with E-state index in [1.54, 1.807) is 0 Å². The summed E-state index contributed by atoms with van der Waals surface area (Å²) >= 11 is 0. The molecule has 1 aromatic heterocycles. The summed E-state index contributed by atoms with van der Waals surface area (Å²) in [7, 11) is -1.83. The van der Waals surface area contributed by atoms with Gasteiger partial charge in [-0.05, 0) is 0 Å². The molecule has 0 aromatic carbocycles. The molecule has 11 heavy (non-hydrogen) atoms. The molecule has 0 unspecified atom stereocenters. The van der Waals surface area contributed by atoms with Crippen LogP contribution in [-0.4, -0.2) is 22.4 Å². The van der Waals surface area contributed by atoms with Crippen LogP contribution >= 0.6 is 0 Å². The van der Waals surface area contributed by atoms with E-state index in [0.29, 0.717) is 5.69 Å². The SMILES string of the molecule is Nc1cncc(OB(O)O)c1.